The molecule has 0 spiro atoms. The summed E-state index contributed by atoms with van der Waals surface area (Å²) < 4.78 is 39.5. The van der Waals surface area contributed by atoms with Gasteiger partial charge in [-0.15, -0.1) is 10.2 Å². The van der Waals surface area contributed by atoms with Crippen LogP contribution in [0.5, 0.6) is 0 Å². The molecular weight excluding hydrogens is 392 g/mol. The van der Waals surface area contributed by atoms with Crippen molar-refractivity contribution < 1.29 is 33.8 Å². The van der Waals surface area contributed by atoms with Crippen LogP contribution in [0.25, 0.3) is 20.3 Å². The van der Waals surface area contributed by atoms with Crippen molar-refractivity contribution in [3.8, 4) is 20.3 Å². The van der Waals surface area contributed by atoms with Gasteiger partial charge < -0.3 is 0 Å². The second-order valence-electron chi connectivity index (χ2n) is 4.43. The Morgan fingerprint density at radius 3 is 2.00 bits per heavy atom. The zero-order chi connectivity index (χ0) is 18.4. The van der Waals surface area contributed by atoms with Gasteiger partial charge in [0.2, 0.25) is 11.5 Å². The van der Waals surface area contributed by atoms with Gasteiger partial charge in [0.15, 0.2) is 0 Å². The van der Waals surface area contributed by atoms with Gasteiger partial charge in [-0.1, -0.05) is 18.2 Å². The molecule has 1 heterocycles. The highest BCUT2D eigenvalue weighted by atomic mass is 35.7. The molecule has 1 aromatic heterocycles. The molecule has 0 aliphatic carbocycles. The minimum atomic E-state index is -4.94. The van der Waals surface area contributed by atoms with Crippen LogP contribution in [0.3, 0.4) is 0 Å². The van der Waals surface area contributed by atoms with Crippen LogP contribution in [-0.2, 0) is 0 Å². The minimum Gasteiger partial charge on any atom is -0.258 e. The van der Waals surface area contributed by atoms with Crippen LogP contribution in [0, 0.1) is 20.4 Å². The zero-order valence-corrected chi connectivity index (χ0v) is 14.6. The van der Waals surface area contributed by atoms with E-state index >= 15 is 0 Å². The number of nitro groups is 1. The first-order valence-electron chi connectivity index (χ1n) is 6.46. The Hall–Kier alpha value is -2.05. The highest BCUT2D eigenvalue weighted by Gasteiger charge is 2.20. The van der Waals surface area contributed by atoms with E-state index in [0.29, 0.717) is 0 Å². The summed E-state index contributed by atoms with van der Waals surface area (Å²) in [6, 6.07) is 16.5. The fourth-order valence-corrected chi connectivity index (χ4v) is 3.69. The number of nitrogens with zero attached hydrogens (tertiary/aromatic N) is 2. The van der Waals surface area contributed by atoms with Crippen LogP contribution in [0.15, 0.2) is 54.6 Å². The number of hydrogen-bond acceptors (Lipinski definition) is 8. The molecule has 8 nitrogen and oxygen atoms in total. The molecule has 0 fully saturated rings. The van der Waals surface area contributed by atoms with Gasteiger partial charge in [0.1, 0.15) is 11.3 Å². The molecule has 0 unspecified atom stereocenters. The summed E-state index contributed by atoms with van der Waals surface area (Å²) in [6.45, 7) is 0. The smallest absolute Gasteiger partial charge is 0.258 e. The molecule has 11 heteroatoms. The normalized spacial score (nSPS) is 10.7. The van der Waals surface area contributed by atoms with Crippen molar-refractivity contribution in [3.05, 3.63) is 64.7 Å². The monoisotopic (exact) mass is 400 g/mol. The van der Waals surface area contributed by atoms with E-state index in [1.54, 1.807) is 23.5 Å². The van der Waals surface area contributed by atoms with E-state index in [4.69, 9.17) is 18.6 Å². The largest absolute Gasteiger partial charge is 0.310 e. The molecule has 25 heavy (non-hydrogen) atoms. The van der Waals surface area contributed by atoms with Gasteiger partial charge in [-0.25, -0.2) is 18.6 Å². The predicted octanol–water partition coefficient (Wildman–Crippen LogP) is -0.0281. The lowest BCUT2D eigenvalue weighted by atomic mass is 10.2. The molecular formula is C14H9ClN2O6S2. The van der Waals surface area contributed by atoms with Crippen LogP contribution >= 0.6 is 22.9 Å². The lowest BCUT2D eigenvalue weighted by Gasteiger charge is -2.17. The van der Waals surface area contributed by atoms with E-state index in [-0.39, 0.29) is 5.69 Å². The van der Waals surface area contributed by atoms with E-state index in [1.165, 1.54) is 23.7 Å². The van der Waals surface area contributed by atoms with Gasteiger partial charge in [0.25, 0.3) is 10.7 Å². The molecule has 0 aliphatic heterocycles. The average molecular weight is 401 g/mol. The van der Waals surface area contributed by atoms with Crippen LogP contribution < -0.4 is 18.6 Å². The van der Waals surface area contributed by atoms with E-state index in [2.05, 4.69) is 4.37 Å². The molecule has 0 amide bonds. The second-order valence-corrected chi connectivity index (χ2v) is 7.21. The molecule has 0 aliphatic rings. The minimum absolute atomic E-state index is 0.0947. The summed E-state index contributed by atoms with van der Waals surface area (Å²) in [4.78, 5) is 10.2. The molecule has 0 bridgehead atoms. The Balaban J connectivity index is 0.000000399. The summed E-state index contributed by atoms with van der Waals surface area (Å²) in [5, 5.41) is 11.5. The number of benzene rings is 2. The maximum atomic E-state index is 10.6. The Kier molecular flexibility index (Phi) is 6.45. The zero-order valence-electron chi connectivity index (χ0n) is 12.2. The number of aromatic nitrogens is 1. The Labute approximate surface area is 151 Å². The van der Waals surface area contributed by atoms with Gasteiger partial charge in [-0.3, -0.25) is 10.1 Å². The van der Waals surface area contributed by atoms with Gasteiger partial charge in [0.05, 0.1) is 10.5 Å². The Morgan fingerprint density at radius 1 is 0.920 bits per heavy atom. The van der Waals surface area contributed by atoms with E-state index in [0.717, 1.165) is 20.3 Å². The number of hydrogen-bond donors (Lipinski definition) is 0. The third-order valence-electron chi connectivity index (χ3n) is 2.74. The van der Waals surface area contributed by atoms with Crippen molar-refractivity contribution >= 4 is 28.6 Å². The first-order valence-corrected chi connectivity index (χ1v) is 9.28. The van der Waals surface area contributed by atoms with Crippen molar-refractivity contribution in [2.24, 2.45) is 0 Å². The topological polar surface area (TPSA) is 148 Å². The fourth-order valence-electron chi connectivity index (χ4n) is 1.73. The lowest BCUT2D eigenvalue weighted by molar-refractivity contribution is -2.00. The Morgan fingerprint density at radius 2 is 1.48 bits per heavy atom. The summed E-state index contributed by atoms with van der Waals surface area (Å²) in [6.07, 6.45) is 0. The molecule has 130 valence electrons. The molecule has 0 radical (unpaired) electrons. The molecule has 0 saturated heterocycles. The van der Waals surface area contributed by atoms with Crippen molar-refractivity contribution in [3.63, 3.8) is 0 Å². The number of non-ortho nitro benzene ring substituents is 1. The van der Waals surface area contributed by atoms with Gasteiger partial charge in [-0.05, 0) is 28.6 Å². The highest BCUT2D eigenvalue weighted by molar-refractivity contribution is 7.34. The number of rotatable bonds is 3. The van der Waals surface area contributed by atoms with Crippen molar-refractivity contribution in [2.45, 2.75) is 0 Å². The summed E-state index contributed by atoms with van der Waals surface area (Å²) in [7, 11) is -4.94. The van der Waals surface area contributed by atoms with E-state index in [9.17, 15) is 10.1 Å². The standard InChI is InChI=1S/C14H9N2O2S2.ClHO4/c17-16(18)12-8-6-10(7-9-12)13-15-20-14(19-13)11-4-2-1-3-5-11;2-1(3,4)5/h1-9H;(H,2,3,4,5)/q+1;/p-1. The quantitative estimate of drug-likeness (QED) is 0.340. The van der Waals surface area contributed by atoms with E-state index < -0.39 is 15.2 Å². The first-order chi connectivity index (χ1) is 11.7. The highest BCUT2D eigenvalue weighted by Crippen LogP contribution is 2.35. The van der Waals surface area contributed by atoms with Crippen LogP contribution in [-0.4, -0.2) is 9.30 Å². The molecule has 2 aromatic carbocycles. The second kappa shape index (κ2) is 8.36. The third kappa shape index (κ3) is 6.40. The predicted molar refractivity (Wildman–Crippen MR) is 81.9 cm³/mol. The number of nitro benzene ring substituents is 1. The third-order valence-corrected chi connectivity index (χ3v) is 4.94. The Bertz CT molecular complexity index is 831. The summed E-state index contributed by atoms with van der Waals surface area (Å²) in [5.74, 6) is 0. The maximum absolute atomic E-state index is 10.6. The molecule has 0 atom stereocenters. The van der Waals surface area contributed by atoms with Gasteiger partial charge in [-0.2, -0.15) is 0 Å². The van der Waals surface area contributed by atoms with Crippen LogP contribution in [0.2, 0.25) is 0 Å². The molecule has 0 saturated carbocycles. The lowest BCUT2D eigenvalue weighted by Crippen LogP contribution is -2.68. The van der Waals surface area contributed by atoms with Crippen molar-refractivity contribution in [2.75, 3.05) is 0 Å². The fraction of sp³-hybridized carbons (Fsp3) is 0. The SMILES string of the molecule is O=[N+]([O-])c1ccc(-c2nsc(-c3ccccc3)[s+]2)cc1.[O-][Cl+3]([O-])([O-])[O-]. The summed E-state index contributed by atoms with van der Waals surface area (Å²) >= 11 is 3.03. The van der Waals surface area contributed by atoms with E-state index in [1.807, 2.05) is 30.3 Å². The maximum Gasteiger partial charge on any atom is 0.310 e. The first kappa shape index (κ1) is 19.3. The summed E-state index contributed by atoms with van der Waals surface area (Å²) in [5.41, 5.74) is 2.14. The molecule has 3 rings (SSSR count). The van der Waals surface area contributed by atoms with Crippen molar-refractivity contribution in [1.29, 1.82) is 0 Å². The van der Waals surface area contributed by atoms with Crippen LogP contribution in [0.4, 0.5) is 5.69 Å². The average Bonchev–Trinajstić information content (AvgIpc) is 3.04. The molecule has 0 N–H and O–H groups in total. The van der Waals surface area contributed by atoms with Crippen LogP contribution in [0.1, 0.15) is 0 Å². The van der Waals surface area contributed by atoms with Gasteiger partial charge in [0, 0.05) is 17.7 Å². The van der Waals surface area contributed by atoms with Crippen molar-refractivity contribution in [1.82, 2.24) is 4.37 Å². The van der Waals surface area contributed by atoms with Gasteiger partial charge >= 0.3 is 4.19 Å². The number of halogens is 1. The molecule has 3 aromatic rings.